The highest BCUT2D eigenvalue weighted by Crippen LogP contribution is 2.26. The van der Waals surface area contributed by atoms with Crippen molar-refractivity contribution in [3.05, 3.63) is 64.4 Å². The first-order valence-electron chi connectivity index (χ1n) is 9.99. The number of imidazole rings is 1. The van der Waals surface area contributed by atoms with Crippen molar-refractivity contribution in [1.82, 2.24) is 19.4 Å². The fourth-order valence-corrected chi connectivity index (χ4v) is 3.90. The number of furan rings is 1. The number of hydrogen-bond donors (Lipinski definition) is 0. The van der Waals surface area contributed by atoms with Crippen LogP contribution in [0.3, 0.4) is 0 Å². The van der Waals surface area contributed by atoms with Crippen molar-refractivity contribution < 1.29 is 14.1 Å². The first kappa shape index (κ1) is 19.8. The van der Waals surface area contributed by atoms with Gasteiger partial charge in [-0.05, 0) is 50.3 Å². The van der Waals surface area contributed by atoms with E-state index < -0.39 is 10.8 Å². The minimum atomic E-state index is -0.638. The summed E-state index contributed by atoms with van der Waals surface area (Å²) in [6, 6.07) is 6.50. The highest BCUT2D eigenvalue weighted by atomic mass is 16.6. The Morgan fingerprint density at radius 2 is 2.07 bits per heavy atom. The van der Waals surface area contributed by atoms with Crippen LogP contribution in [0, 0.1) is 23.0 Å². The molecule has 4 rings (SSSR count). The van der Waals surface area contributed by atoms with Crippen LogP contribution in [0.1, 0.15) is 35.5 Å². The Hall–Kier alpha value is -3.49. The molecule has 0 atom stereocenters. The number of nitrogens with zero attached hydrogens (tertiary/aromatic N) is 5. The Balaban J connectivity index is 1.33. The summed E-state index contributed by atoms with van der Waals surface area (Å²) in [5, 5.41) is 10.7. The van der Waals surface area contributed by atoms with Crippen molar-refractivity contribution in [3.8, 4) is 11.4 Å². The van der Waals surface area contributed by atoms with Crippen molar-refractivity contribution in [3.63, 3.8) is 0 Å². The fraction of sp³-hybridized carbons (Fsp3) is 0.381. The molecule has 1 fully saturated rings. The number of carbonyl (C=O) groups excluding carboxylic acids is 1. The third-order valence-corrected chi connectivity index (χ3v) is 5.62. The summed E-state index contributed by atoms with van der Waals surface area (Å²) >= 11 is 0. The molecule has 0 radical (unpaired) electrons. The molecule has 0 spiro atoms. The summed E-state index contributed by atoms with van der Waals surface area (Å²) < 4.78 is 7.26. The van der Waals surface area contributed by atoms with E-state index in [0.717, 1.165) is 42.9 Å². The van der Waals surface area contributed by atoms with Crippen LogP contribution in [0.2, 0.25) is 0 Å². The van der Waals surface area contributed by atoms with Gasteiger partial charge in [-0.15, -0.1) is 0 Å². The van der Waals surface area contributed by atoms with Gasteiger partial charge >= 0.3 is 5.88 Å². The minimum absolute atomic E-state index is 0.0234. The van der Waals surface area contributed by atoms with Crippen molar-refractivity contribution in [1.29, 1.82) is 0 Å². The second-order valence-corrected chi connectivity index (χ2v) is 7.54. The number of aromatic nitrogens is 3. The third kappa shape index (κ3) is 4.10. The van der Waals surface area contributed by atoms with Gasteiger partial charge in [0.2, 0.25) is 0 Å². The molecule has 4 heterocycles. The van der Waals surface area contributed by atoms with E-state index in [1.807, 2.05) is 24.5 Å². The van der Waals surface area contributed by atoms with Gasteiger partial charge in [-0.2, -0.15) is 0 Å². The van der Waals surface area contributed by atoms with E-state index in [-0.39, 0.29) is 11.7 Å². The topological polar surface area (TPSA) is 107 Å². The van der Waals surface area contributed by atoms with E-state index in [1.165, 1.54) is 12.1 Å². The molecule has 3 aromatic rings. The molecule has 0 bridgehead atoms. The average molecular weight is 409 g/mol. The number of aryl methyl sites for hydroxylation is 1. The monoisotopic (exact) mass is 409 g/mol. The number of amides is 1. The maximum Gasteiger partial charge on any atom is 0.433 e. The fourth-order valence-electron chi connectivity index (χ4n) is 3.90. The molecule has 0 N–H and O–H groups in total. The lowest BCUT2D eigenvalue weighted by Gasteiger charge is -2.31. The Labute approximate surface area is 173 Å². The molecule has 30 heavy (non-hydrogen) atoms. The smallest absolute Gasteiger partial charge is 0.395 e. The zero-order chi connectivity index (χ0) is 21.1. The van der Waals surface area contributed by atoms with Crippen LogP contribution in [-0.2, 0) is 6.54 Å². The van der Waals surface area contributed by atoms with Gasteiger partial charge in [-0.1, -0.05) is 0 Å². The van der Waals surface area contributed by atoms with Crippen LogP contribution in [0.5, 0.6) is 0 Å². The molecule has 0 aliphatic carbocycles. The van der Waals surface area contributed by atoms with Crippen LogP contribution in [0.15, 0.2) is 47.3 Å². The van der Waals surface area contributed by atoms with Gasteiger partial charge in [0.15, 0.2) is 5.76 Å². The molecule has 156 valence electrons. The number of likely N-dealkylation sites (tertiary alicyclic amines) is 1. The van der Waals surface area contributed by atoms with E-state index in [1.54, 1.807) is 11.1 Å². The van der Waals surface area contributed by atoms with Crippen molar-refractivity contribution in [2.24, 2.45) is 5.92 Å². The lowest BCUT2D eigenvalue weighted by Crippen LogP contribution is -2.38. The Morgan fingerprint density at radius 1 is 1.27 bits per heavy atom. The van der Waals surface area contributed by atoms with Gasteiger partial charge in [0.25, 0.3) is 5.91 Å². The predicted octanol–water partition coefficient (Wildman–Crippen LogP) is 3.70. The molecule has 0 aromatic carbocycles. The average Bonchev–Trinajstić information content (AvgIpc) is 3.40. The van der Waals surface area contributed by atoms with Gasteiger partial charge in [0, 0.05) is 49.5 Å². The largest absolute Gasteiger partial charge is 0.433 e. The highest BCUT2D eigenvalue weighted by Gasteiger charge is 2.27. The first-order valence-corrected chi connectivity index (χ1v) is 9.99. The summed E-state index contributed by atoms with van der Waals surface area (Å²) in [6.07, 6.45) is 8.24. The van der Waals surface area contributed by atoms with Gasteiger partial charge in [0.05, 0.1) is 6.07 Å². The lowest BCUT2D eigenvalue weighted by atomic mass is 9.93. The zero-order valence-corrected chi connectivity index (χ0v) is 16.7. The van der Waals surface area contributed by atoms with Crippen molar-refractivity contribution >= 4 is 11.8 Å². The summed E-state index contributed by atoms with van der Waals surface area (Å²) in [5.74, 6) is 0.755. The third-order valence-electron chi connectivity index (χ3n) is 5.62. The number of pyridine rings is 1. The second-order valence-electron chi connectivity index (χ2n) is 7.54. The van der Waals surface area contributed by atoms with Gasteiger partial charge < -0.3 is 13.9 Å². The molecule has 1 aliphatic heterocycles. The molecule has 1 aliphatic rings. The molecular formula is C21H23N5O4. The molecule has 1 saturated heterocycles. The number of rotatable bonds is 6. The molecule has 9 nitrogen and oxygen atoms in total. The standard InChI is InChI=1S/C21H23N5O4/c1-15-13-23-20(17-3-2-9-22-14-17)25(15)12-8-16-6-10-24(11-7-16)21(27)18-4-5-19(30-18)26(28)29/h2-5,9,13-14,16H,6-8,10-12H2,1H3. The quantitative estimate of drug-likeness (QED) is 0.454. The molecule has 1 amide bonds. The Kier molecular flexibility index (Phi) is 5.60. The van der Waals surface area contributed by atoms with Crippen LogP contribution in [0.4, 0.5) is 5.88 Å². The van der Waals surface area contributed by atoms with Gasteiger partial charge in [-0.25, -0.2) is 4.98 Å². The number of carbonyl (C=O) groups is 1. The molecule has 0 unspecified atom stereocenters. The normalized spacial score (nSPS) is 14.8. The lowest BCUT2D eigenvalue weighted by molar-refractivity contribution is -0.402. The summed E-state index contributed by atoms with van der Waals surface area (Å²) in [5.41, 5.74) is 2.11. The molecule has 9 heteroatoms. The van der Waals surface area contributed by atoms with Gasteiger partial charge in [0.1, 0.15) is 10.7 Å². The number of piperidine rings is 1. The van der Waals surface area contributed by atoms with Crippen molar-refractivity contribution in [2.45, 2.75) is 32.7 Å². The van der Waals surface area contributed by atoms with E-state index in [2.05, 4.69) is 21.5 Å². The van der Waals surface area contributed by atoms with E-state index in [0.29, 0.717) is 19.0 Å². The minimum Gasteiger partial charge on any atom is -0.395 e. The Bertz CT molecular complexity index is 1030. The van der Waals surface area contributed by atoms with Gasteiger partial charge in [-0.3, -0.25) is 19.9 Å². The van der Waals surface area contributed by atoms with Crippen LogP contribution < -0.4 is 0 Å². The van der Waals surface area contributed by atoms with Crippen LogP contribution >= 0.6 is 0 Å². The van der Waals surface area contributed by atoms with Crippen LogP contribution in [0.25, 0.3) is 11.4 Å². The van der Waals surface area contributed by atoms with E-state index >= 15 is 0 Å². The number of nitro groups is 1. The Morgan fingerprint density at radius 3 is 2.73 bits per heavy atom. The summed E-state index contributed by atoms with van der Waals surface area (Å²) in [4.78, 5) is 33.1. The summed E-state index contributed by atoms with van der Waals surface area (Å²) in [6.45, 7) is 4.16. The maximum atomic E-state index is 12.5. The molecular weight excluding hydrogens is 386 g/mol. The van der Waals surface area contributed by atoms with E-state index in [9.17, 15) is 14.9 Å². The highest BCUT2D eigenvalue weighted by molar-refractivity contribution is 5.91. The van der Waals surface area contributed by atoms with Crippen molar-refractivity contribution in [2.75, 3.05) is 13.1 Å². The molecule has 3 aromatic heterocycles. The zero-order valence-electron chi connectivity index (χ0n) is 16.7. The summed E-state index contributed by atoms with van der Waals surface area (Å²) in [7, 11) is 0. The SMILES string of the molecule is Cc1cnc(-c2cccnc2)n1CCC1CCN(C(=O)c2ccc([N+](=O)[O-])o2)CC1. The maximum absolute atomic E-state index is 12.5. The predicted molar refractivity (Wildman–Crippen MR) is 109 cm³/mol. The first-order chi connectivity index (χ1) is 14.5. The molecule has 0 saturated carbocycles. The number of hydrogen-bond acceptors (Lipinski definition) is 6. The van der Waals surface area contributed by atoms with Crippen LogP contribution in [-0.4, -0.2) is 43.4 Å². The second kappa shape index (κ2) is 8.48. The van der Waals surface area contributed by atoms with E-state index in [4.69, 9.17) is 4.42 Å².